The van der Waals surface area contributed by atoms with Crippen LogP contribution in [0.3, 0.4) is 0 Å². The van der Waals surface area contributed by atoms with Gasteiger partial charge in [-0.1, -0.05) is 29.8 Å². The molecular weight excluding hydrogens is 242 g/mol. The number of amides is 1. The zero-order valence-electron chi connectivity index (χ0n) is 11.4. The van der Waals surface area contributed by atoms with Crippen LogP contribution in [0.2, 0.25) is 0 Å². The molecule has 102 valence electrons. The molecule has 0 radical (unpaired) electrons. The highest BCUT2D eigenvalue weighted by Crippen LogP contribution is 2.35. The van der Waals surface area contributed by atoms with Gasteiger partial charge in [0.15, 0.2) is 0 Å². The second kappa shape index (κ2) is 5.43. The molecule has 1 saturated heterocycles. The van der Waals surface area contributed by atoms with E-state index in [1.807, 2.05) is 31.2 Å². The minimum absolute atomic E-state index is 0.00851. The van der Waals surface area contributed by atoms with Crippen molar-refractivity contribution in [3.63, 3.8) is 0 Å². The van der Waals surface area contributed by atoms with Crippen LogP contribution in [0.4, 0.5) is 0 Å². The Morgan fingerprint density at radius 1 is 1.47 bits per heavy atom. The van der Waals surface area contributed by atoms with Gasteiger partial charge in [0.25, 0.3) is 0 Å². The van der Waals surface area contributed by atoms with Gasteiger partial charge < -0.3 is 10.1 Å². The Kier molecular flexibility index (Phi) is 3.88. The van der Waals surface area contributed by atoms with E-state index in [-0.39, 0.29) is 18.3 Å². The molecule has 4 nitrogen and oxygen atoms in total. The second-order valence-electron chi connectivity index (χ2n) is 5.09. The molecule has 4 heteroatoms. The summed E-state index contributed by atoms with van der Waals surface area (Å²) in [6, 6.07) is 7.98. The lowest BCUT2D eigenvalue weighted by Crippen LogP contribution is -2.32. The maximum Gasteiger partial charge on any atom is 0.306 e. The van der Waals surface area contributed by atoms with Crippen LogP contribution >= 0.6 is 0 Å². The molecule has 1 aromatic carbocycles. The summed E-state index contributed by atoms with van der Waals surface area (Å²) in [5.74, 6) is -0.258. The van der Waals surface area contributed by atoms with Crippen LogP contribution in [0.1, 0.15) is 30.9 Å². The molecule has 1 amide bonds. The summed E-state index contributed by atoms with van der Waals surface area (Å²) in [5, 5.41) is 2.83. The number of aryl methyl sites for hydroxylation is 1. The first-order valence-corrected chi connectivity index (χ1v) is 6.55. The van der Waals surface area contributed by atoms with Crippen LogP contribution in [0.5, 0.6) is 0 Å². The van der Waals surface area contributed by atoms with Gasteiger partial charge in [-0.05, 0) is 19.4 Å². The van der Waals surface area contributed by atoms with Gasteiger partial charge in [0.05, 0.1) is 13.0 Å². The van der Waals surface area contributed by atoms with E-state index in [1.165, 1.54) is 0 Å². The third-order valence-corrected chi connectivity index (χ3v) is 3.54. The van der Waals surface area contributed by atoms with Gasteiger partial charge in [0.2, 0.25) is 5.91 Å². The smallest absolute Gasteiger partial charge is 0.306 e. The molecule has 0 aliphatic carbocycles. The van der Waals surface area contributed by atoms with Crippen LogP contribution in [0, 0.1) is 6.92 Å². The molecule has 1 atom stereocenters. The highest BCUT2D eigenvalue weighted by molar-refractivity contribution is 5.83. The molecule has 0 bridgehead atoms. The van der Waals surface area contributed by atoms with Crippen LogP contribution in [0.15, 0.2) is 24.3 Å². The first-order chi connectivity index (χ1) is 9.05. The van der Waals surface area contributed by atoms with Crippen molar-refractivity contribution in [1.29, 1.82) is 0 Å². The Hall–Kier alpha value is -1.84. The molecule has 1 fully saturated rings. The predicted octanol–water partition coefficient (Wildman–Crippen LogP) is 1.71. The number of hydrogen-bond donors (Lipinski definition) is 1. The Morgan fingerprint density at radius 2 is 2.26 bits per heavy atom. The van der Waals surface area contributed by atoms with Crippen LogP contribution in [-0.2, 0) is 19.7 Å². The fourth-order valence-corrected chi connectivity index (χ4v) is 2.59. The van der Waals surface area contributed by atoms with E-state index in [9.17, 15) is 9.59 Å². The topological polar surface area (TPSA) is 55.4 Å². The molecule has 0 saturated carbocycles. The molecule has 1 aliphatic heterocycles. The van der Waals surface area contributed by atoms with Gasteiger partial charge in [-0.15, -0.1) is 0 Å². The number of ether oxygens (including phenoxy) is 1. The number of hydrogen-bond acceptors (Lipinski definition) is 3. The maximum absolute atomic E-state index is 11.8. The molecular formula is C15H19NO3. The fourth-order valence-electron chi connectivity index (χ4n) is 2.59. The zero-order chi connectivity index (χ0) is 13.9. The lowest BCUT2D eigenvalue weighted by atomic mass is 9.76. The quantitative estimate of drug-likeness (QED) is 0.839. The number of esters is 1. The maximum atomic E-state index is 11.8. The standard InChI is InChI=1S/C15H19NO3/c1-3-19-14(18)9-15(8-13(17)16-10-15)12-6-4-5-11(2)7-12/h4-7H,3,8-10H2,1-2H3,(H,16,17). The normalized spacial score (nSPS) is 22.1. The van der Waals surface area contributed by atoms with E-state index in [1.54, 1.807) is 6.92 Å². The molecule has 2 rings (SSSR count). The van der Waals surface area contributed by atoms with Gasteiger partial charge >= 0.3 is 5.97 Å². The van der Waals surface area contributed by atoms with Crippen molar-refractivity contribution in [2.24, 2.45) is 0 Å². The molecule has 19 heavy (non-hydrogen) atoms. The third kappa shape index (κ3) is 2.95. The van der Waals surface area contributed by atoms with E-state index >= 15 is 0 Å². The van der Waals surface area contributed by atoms with E-state index in [0.717, 1.165) is 11.1 Å². The number of rotatable bonds is 4. The molecule has 1 unspecified atom stereocenters. The van der Waals surface area contributed by atoms with Crippen molar-refractivity contribution in [1.82, 2.24) is 5.32 Å². The van der Waals surface area contributed by atoms with Gasteiger partial charge in [-0.25, -0.2) is 0 Å². The van der Waals surface area contributed by atoms with Crippen LogP contribution in [-0.4, -0.2) is 25.0 Å². The van der Waals surface area contributed by atoms with Gasteiger partial charge in [0.1, 0.15) is 0 Å². The fraction of sp³-hybridized carbons (Fsp3) is 0.467. The van der Waals surface area contributed by atoms with Crippen molar-refractivity contribution in [2.45, 2.75) is 32.1 Å². The first kappa shape index (κ1) is 13.6. The third-order valence-electron chi connectivity index (χ3n) is 3.54. The summed E-state index contributed by atoms with van der Waals surface area (Å²) >= 11 is 0. The van der Waals surface area contributed by atoms with Crippen molar-refractivity contribution in [3.8, 4) is 0 Å². The van der Waals surface area contributed by atoms with Crippen molar-refractivity contribution >= 4 is 11.9 Å². The highest BCUT2D eigenvalue weighted by Gasteiger charge is 2.42. The minimum Gasteiger partial charge on any atom is -0.466 e. The minimum atomic E-state index is -0.463. The molecule has 1 aromatic rings. The average molecular weight is 261 g/mol. The summed E-state index contributed by atoms with van der Waals surface area (Å²) in [4.78, 5) is 23.4. The average Bonchev–Trinajstić information content (AvgIpc) is 2.72. The summed E-state index contributed by atoms with van der Waals surface area (Å²) < 4.78 is 5.04. The predicted molar refractivity (Wildman–Crippen MR) is 71.7 cm³/mol. The molecule has 0 spiro atoms. The molecule has 1 heterocycles. The zero-order valence-corrected chi connectivity index (χ0v) is 11.4. The molecule has 1 aliphatic rings. The van der Waals surface area contributed by atoms with Gasteiger partial charge in [0, 0.05) is 18.4 Å². The summed E-state index contributed by atoms with van der Waals surface area (Å²) in [7, 11) is 0. The van der Waals surface area contributed by atoms with E-state index in [4.69, 9.17) is 4.74 Å². The first-order valence-electron chi connectivity index (χ1n) is 6.55. The van der Waals surface area contributed by atoms with Crippen molar-refractivity contribution in [2.75, 3.05) is 13.2 Å². The Labute approximate surface area is 113 Å². The lowest BCUT2D eigenvalue weighted by molar-refractivity contribution is -0.144. The number of carbonyl (C=O) groups excluding carboxylic acids is 2. The van der Waals surface area contributed by atoms with Gasteiger partial charge in [-0.2, -0.15) is 0 Å². The Bertz CT molecular complexity index is 498. The van der Waals surface area contributed by atoms with Crippen molar-refractivity contribution in [3.05, 3.63) is 35.4 Å². The monoisotopic (exact) mass is 261 g/mol. The number of benzene rings is 1. The summed E-state index contributed by atoms with van der Waals surface area (Å²) in [6.45, 7) is 4.65. The number of carbonyl (C=O) groups is 2. The highest BCUT2D eigenvalue weighted by atomic mass is 16.5. The Morgan fingerprint density at radius 3 is 2.84 bits per heavy atom. The molecule has 1 N–H and O–H groups in total. The van der Waals surface area contributed by atoms with E-state index in [0.29, 0.717) is 19.6 Å². The van der Waals surface area contributed by atoms with E-state index < -0.39 is 5.41 Å². The second-order valence-corrected chi connectivity index (χ2v) is 5.09. The number of nitrogens with one attached hydrogen (secondary N) is 1. The summed E-state index contributed by atoms with van der Waals surface area (Å²) in [6.07, 6.45) is 0.582. The van der Waals surface area contributed by atoms with E-state index in [2.05, 4.69) is 5.32 Å². The van der Waals surface area contributed by atoms with Crippen molar-refractivity contribution < 1.29 is 14.3 Å². The van der Waals surface area contributed by atoms with Gasteiger partial charge in [-0.3, -0.25) is 9.59 Å². The molecule has 0 aromatic heterocycles. The SMILES string of the molecule is CCOC(=O)CC1(c2cccc(C)c2)CNC(=O)C1. The lowest BCUT2D eigenvalue weighted by Gasteiger charge is -2.27. The Balaban J connectivity index is 2.30. The van der Waals surface area contributed by atoms with Crippen LogP contribution < -0.4 is 5.32 Å². The largest absolute Gasteiger partial charge is 0.466 e. The van der Waals surface area contributed by atoms with Crippen LogP contribution in [0.25, 0.3) is 0 Å². The summed E-state index contributed by atoms with van der Waals surface area (Å²) in [5.41, 5.74) is 1.69.